The van der Waals surface area contributed by atoms with Crippen LogP contribution in [-0.2, 0) is 6.42 Å². The van der Waals surface area contributed by atoms with E-state index in [1.54, 1.807) is 4.90 Å². The van der Waals surface area contributed by atoms with Crippen LogP contribution in [0.3, 0.4) is 0 Å². The van der Waals surface area contributed by atoms with Crippen LogP contribution >= 0.6 is 0 Å². The van der Waals surface area contributed by atoms with E-state index in [1.165, 1.54) is 5.56 Å². The van der Waals surface area contributed by atoms with Crippen molar-refractivity contribution in [1.82, 2.24) is 10.2 Å². The van der Waals surface area contributed by atoms with Gasteiger partial charge >= 0.3 is 6.09 Å². The number of rotatable bonds is 2. The number of nitrogens with one attached hydrogen (secondary N) is 1. The Morgan fingerprint density at radius 3 is 2.82 bits per heavy atom. The summed E-state index contributed by atoms with van der Waals surface area (Å²) in [5, 5.41) is 12.5. The van der Waals surface area contributed by atoms with Crippen LogP contribution < -0.4 is 5.32 Å². The van der Waals surface area contributed by atoms with Crippen LogP contribution in [0.1, 0.15) is 12.0 Å². The molecule has 2 N–H and O–H groups in total. The van der Waals surface area contributed by atoms with Crippen molar-refractivity contribution < 1.29 is 9.90 Å². The lowest BCUT2D eigenvalue weighted by molar-refractivity contribution is 0.127. The fourth-order valence-corrected chi connectivity index (χ4v) is 2.28. The van der Waals surface area contributed by atoms with Gasteiger partial charge in [-0.1, -0.05) is 30.3 Å². The third kappa shape index (κ3) is 3.20. The summed E-state index contributed by atoms with van der Waals surface area (Å²) in [6.45, 7) is 2.21. The predicted octanol–water partition coefficient (Wildman–Crippen LogP) is 1.57. The summed E-state index contributed by atoms with van der Waals surface area (Å²) in [5.74, 6) is 0. The highest BCUT2D eigenvalue weighted by Gasteiger charge is 2.24. The van der Waals surface area contributed by atoms with Crippen molar-refractivity contribution in [2.75, 3.05) is 19.6 Å². The second-order valence-electron chi connectivity index (χ2n) is 4.36. The minimum absolute atomic E-state index is 0.0879. The summed E-state index contributed by atoms with van der Waals surface area (Å²) in [5.41, 5.74) is 1.20. The smallest absolute Gasteiger partial charge is 0.407 e. The van der Waals surface area contributed by atoms with E-state index in [9.17, 15) is 9.90 Å². The van der Waals surface area contributed by atoms with Gasteiger partial charge in [-0.2, -0.15) is 0 Å². The van der Waals surface area contributed by atoms with E-state index in [4.69, 9.17) is 0 Å². The Kier molecular flexibility index (Phi) is 3.98. The molecule has 4 heteroatoms. The van der Waals surface area contributed by atoms with Gasteiger partial charge in [-0.15, -0.1) is 0 Å². The largest absolute Gasteiger partial charge is 0.465 e. The molecule has 1 aromatic carbocycles. The Morgan fingerprint density at radius 1 is 1.35 bits per heavy atom. The maximum atomic E-state index is 11.2. The standard InChI is InChI=1S/C13H18N2O2/c16-13(17)15-9-8-14-7-6-12(15)10-11-4-2-1-3-5-11/h1-5,12,14H,6-10H2,(H,16,17)/t12-/m1/s1. The molecule has 1 amide bonds. The van der Waals surface area contributed by atoms with Gasteiger partial charge in [0, 0.05) is 19.1 Å². The number of hydrogen-bond acceptors (Lipinski definition) is 2. The van der Waals surface area contributed by atoms with Gasteiger partial charge in [0.25, 0.3) is 0 Å². The molecule has 1 aromatic rings. The second-order valence-corrected chi connectivity index (χ2v) is 4.36. The average Bonchev–Trinajstić information content (AvgIpc) is 2.56. The Bertz CT molecular complexity index is 367. The maximum absolute atomic E-state index is 11.2. The lowest BCUT2D eigenvalue weighted by Crippen LogP contribution is -2.41. The summed E-state index contributed by atoms with van der Waals surface area (Å²) in [6.07, 6.45) is 0.866. The van der Waals surface area contributed by atoms with E-state index in [1.807, 2.05) is 18.2 Å². The number of hydrogen-bond donors (Lipinski definition) is 2. The molecule has 0 aromatic heterocycles. The molecular formula is C13H18N2O2. The molecule has 4 nitrogen and oxygen atoms in total. The second kappa shape index (κ2) is 5.68. The number of amides is 1. The highest BCUT2D eigenvalue weighted by Crippen LogP contribution is 2.13. The molecule has 0 aliphatic carbocycles. The zero-order chi connectivity index (χ0) is 12.1. The number of carboxylic acid groups (broad SMARTS) is 1. The van der Waals surface area contributed by atoms with Gasteiger partial charge in [-0.3, -0.25) is 0 Å². The van der Waals surface area contributed by atoms with E-state index in [2.05, 4.69) is 17.4 Å². The lowest BCUT2D eigenvalue weighted by atomic mass is 10.0. The van der Waals surface area contributed by atoms with Crippen LogP contribution in [0.5, 0.6) is 0 Å². The molecule has 1 saturated heterocycles. The van der Waals surface area contributed by atoms with Crippen LogP contribution in [0, 0.1) is 0 Å². The molecule has 1 aliphatic heterocycles. The number of carbonyl (C=O) groups is 1. The summed E-state index contributed by atoms with van der Waals surface area (Å²) in [6, 6.07) is 10.2. The molecule has 1 aliphatic rings. The topological polar surface area (TPSA) is 52.6 Å². The molecular weight excluding hydrogens is 216 g/mol. The Morgan fingerprint density at radius 2 is 2.12 bits per heavy atom. The number of nitrogens with zero attached hydrogens (tertiary/aromatic N) is 1. The SMILES string of the molecule is O=C(O)N1CCNCC[C@@H]1Cc1ccccc1. The first kappa shape index (κ1) is 11.9. The molecule has 92 valence electrons. The minimum atomic E-state index is -0.811. The highest BCUT2D eigenvalue weighted by molar-refractivity contribution is 5.65. The fourth-order valence-electron chi connectivity index (χ4n) is 2.28. The van der Waals surface area contributed by atoms with Crippen molar-refractivity contribution in [3.05, 3.63) is 35.9 Å². The van der Waals surface area contributed by atoms with Gasteiger partial charge in [0.05, 0.1) is 0 Å². The van der Waals surface area contributed by atoms with Crippen LogP contribution in [0.15, 0.2) is 30.3 Å². The van der Waals surface area contributed by atoms with E-state index >= 15 is 0 Å². The first-order valence-electron chi connectivity index (χ1n) is 6.01. The van der Waals surface area contributed by atoms with Crippen molar-refractivity contribution in [3.63, 3.8) is 0 Å². The molecule has 0 bridgehead atoms. The van der Waals surface area contributed by atoms with Crippen LogP contribution in [-0.4, -0.2) is 41.8 Å². The Hall–Kier alpha value is -1.55. The van der Waals surface area contributed by atoms with Gasteiger partial charge in [0.2, 0.25) is 0 Å². The van der Waals surface area contributed by atoms with Gasteiger partial charge in [0.1, 0.15) is 0 Å². The number of benzene rings is 1. The molecule has 2 rings (SSSR count). The van der Waals surface area contributed by atoms with Gasteiger partial charge in [0.15, 0.2) is 0 Å². The zero-order valence-electron chi connectivity index (χ0n) is 9.80. The summed E-state index contributed by atoms with van der Waals surface area (Å²) < 4.78 is 0. The first-order valence-corrected chi connectivity index (χ1v) is 6.01. The third-order valence-electron chi connectivity index (χ3n) is 3.18. The van der Waals surface area contributed by atoms with Crippen LogP contribution in [0.4, 0.5) is 4.79 Å². The molecule has 1 heterocycles. The Labute approximate surface area is 101 Å². The fraction of sp³-hybridized carbons (Fsp3) is 0.462. The molecule has 0 radical (unpaired) electrons. The third-order valence-corrected chi connectivity index (χ3v) is 3.18. The quantitative estimate of drug-likeness (QED) is 0.816. The van der Waals surface area contributed by atoms with E-state index in [0.29, 0.717) is 6.54 Å². The van der Waals surface area contributed by atoms with Gasteiger partial charge in [-0.25, -0.2) is 4.79 Å². The Balaban J connectivity index is 2.07. The summed E-state index contributed by atoms with van der Waals surface area (Å²) >= 11 is 0. The summed E-state index contributed by atoms with van der Waals surface area (Å²) in [7, 11) is 0. The van der Waals surface area contributed by atoms with Crippen molar-refractivity contribution in [3.8, 4) is 0 Å². The van der Waals surface area contributed by atoms with Crippen molar-refractivity contribution >= 4 is 6.09 Å². The molecule has 17 heavy (non-hydrogen) atoms. The van der Waals surface area contributed by atoms with Crippen LogP contribution in [0.2, 0.25) is 0 Å². The van der Waals surface area contributed by atoms with Gasteiger partial charge in [-0.05, 0) is 24.9 Å². The zero-order valence-corrected chi connectivity index (χ0v) is 9.80. The average molecular weight is 234 g/mol. The van der Waals surface area contributed by atoms with E-state index < -0.39 is 6.09 Å². The normalized spacial score (nSPS) is 20.9. The minimum Gasteiger partial charge on any atom is -0.465 e. The van der Waals surface area contributed by atoms with Crippen molar-refractivity contribution in [2.45, 2.75) is 18.9 Å². The van der Waals surface area contributed by atoms with E-state index in [-0.39, 0.29) is 6.04 Å². The molecule has 0 saturated carbocycles. The van der Waals surface area contributed by atoms with Crippen LogP contribution in [0.25, 0.3) is 0 Å². The first-order chi connectivity index (χ1) is 8.27. The van der Waals surface area contributed by atoms with Gasteiger partial charge < -0.3 is 15.3 Å². The molecule has 1 fully saturated rings. The van der Waals surface area contributed by atoms with E-state index in [0.717, 1.165) is 25.9 Å². The summed E-state index contributed by atoms with van der Waals surface area (Å²) in [4.78, 5) is 12.8. The van der Waals surface area contributed by atoms with Crippen molar-refractivity contribution in [1.29, 1.82) is 0 Å². The molecule has 0 spiro atoms. The van der Waals surface area contributed by atoms with Crippen molar-refractivity contribution in [2.24, 2.45) is 0 Å². The highest BCUT2D eigenvalue weighted by atomic mass is 16.4. The maximum Gasteiger partial charge on any atom is 0.407 e. The lowest BCUT2D eigenvalue weighted by Gasteiger charge is -2.27. The predicted molar refractivity (Wildman–Crippen MR) is 66.2 cm³/mol. The molecule has 1 atom stereocenters. The monoisotopic (exact) mass is 234 g/mol. The molecule has 0 unspecified atom stereocenters.